The second-order valence-electron chi connectivity index (χ2n) is 6.74. The number of hydrogen-bond donors (Lipinski definition) is 3. The molecule has 0 radical (unpaired) electrons. The quantitative estimate of drug-likeness (QED) is 0.0674. The molecule has 0 aliphatic carbocycles. The maximum absolute atomic E-state index is 9.00. The van der Waals surface area contributed by atoms with Crippen molar-refractivity contribution in [2.24, 2.45) is 0 Å². The van der Waals surface area contributed by atoms with Crippen molar-refractivity contribution in [3.63, 3.8) is 0 Å². The van der Waals surface area contributed by atoms with E-state index in [0.717, 1.165) is 23.6 Å². The molecule has 0 bridgehead atoms. The van der Waals surface area contributed by atoms with Gasteiger partial charge in [0.2, 0.25) is 0 Å². The lowest BCUT2D eigenvalue weighted by molar-refractivity contribution is -0.134. The Labute approximate surface area is 245 Å². The number of aryl methyl sites for hydroxylation is 1. The molecule has 190 valence electrons. The van der Waals surface area contributed by atoms with Gasteiger partial charge < -0.3 is 5.11 Å². The number of carbonyl (C=O) groups is 1. The lowest BCUT2D eigenvalue weighted by atomic mass is 9.84. The van der Waals surface area contributed by atoms with Crippen LogP contribution in [0, 0.1) is 6.92 Å². The van der Waals surface area contributed by atoms with Crippen molar-refractivity contribution < 1.29 is 9.90 Å². The summed E-state index contributed by atoms with van der Waals surface area (Å²) < 4.78 is 0. The van der Waals surface area contributed by atoms with E-state index in [-0.39, 0.29) is 0 Å². The van der Waals surface area contributed by atoms with Crippen LogP contribution in [0.5, 0.6) is 0 Å². The number of alkyl halides is 1. The minimum Gasteiger partial charge on any atom is -0.481 e. The van der Waals surface area contributed by atoms with Crippen molar-refractivity contribution in [3.8, 4) is 0 Å². The summed E-state index contributed by atoms with van der Waals surface area (Å²) in [5.74, 6) is -0.833. The molecule has 2 heterocycles. The molecule has 2 aliphatic rings. The van der Waals surface area contributed by atoms with Crippen molar-refractivity contribution in [2.45, 2.75) is 18.7 Å². The summed E-state index contributed by atoms with van der Waals surface area (Å²) in [6.07, 6.45) is 0. The van der Waals surface area contributed by atoms with Crippen molar-refractivity contribution in [3.05, 3.63) is 106 Å². The highest BCUT2D eigenvalue weighted by Gasteiger charge is 2.35. The third-order valence-electron chi connectivity index (χ3n) is 4.10. The van der Waals surface area contributed by atoms with Gasteiger partial charge in [-0.25, -0.2) is 0 Å². The van der Waals surface area contributed by atoms with Crippen LogP contribution in [0.1, 0.15) is 29.2 Å². The van der Waals surface area contributed by atoms with Gasteiger partial charge in [-0.3, -0.25) is 4.79 Å². The van der Waals surface area contributed by atoms with Crippen LogP contribution in [0.3, 0.4) is 0 Å². The lowest BCUT2D eigenvalue weighted by Gasteiger charge is -2.30. The Balaban J connectivity index is 0.000000384. The van der Waals surface area contributed by atoms with Gasteiger partial charge in [-0.2, -0.15) is 25.3 Å². The third kappa shape index (κ3) is 14.4. The molecule has 0 spiro atoms. The molecule has 35 heavy (non-hydrogen) atoms. The zero-order valence-corrected chi connectivity index (χ0v) is 25.8. The van der Waals surface area contributed by atoms with Crippen LogP contribution >= 0.6 is 91.6 Å². The Morgan fingerprint density at radius 3 is 1.63 bits per heavy atom. The summed E-state index contributed by atoms with van der Waals surface area (Å²) in [4.78, 5) is 8.20. The van der Waals surface area contributed by atoms with Crippen molar-refractivity contribution in [1.82, 2.24) is 0 Å². The summed E-state index contributed by atoms with van der Waals surface area (Å²) in [6, 6.07) is 26.1. The minimum absolute atomic E-state index is 0.639. The summed E-state index contributed by atoms with van der Waals surface area (Å²) in [7, 11) is 7.67. The lowest BCUT2D eigenvalue weighted by Crippen LogP contribution is -2.22. The molecule has 2 fully saturated rings. The number of rotatable bonds is 3. The first-order valence-corrected chi connectivity index (χ1v) is 17.2. The van der Waals surface area contributed by atoms with Gasteiger partial charge in [-0.15, -0.1) is 11.6 Å². The second-order valence-corrected chi connectivity index (χ2v) is 14.5. The molecule has 10 heteroatoms. The van der Waals surface area contributed by atoms with Gasteiger partial charge in [0.1, 0.15) is 4.87 Å². The summed E-state index contributed by atoms with van der Waals surface area (Å²) in [6.45, 7) is 3.15. The van der Waals surface area contributed by atoms with E-state index in [0.29, 0.717) is 10.1 Å². The maximum atomic E-state index is 9.00. The first-order valence-electron chi connectivity index (χ1n) is 10.2. The van der Waals surface area contributed by atoms with Crippen LogP contribution in [-0.4, -0.2) is 26.3 Å². The Hall–Kier alpha value is -0.190. The average molecular weight is 624 g/mol. The number of aliphatic carboxylic acids is 1. The largest absolute Gasteiger partial charge is 0.481 e. The maximum Gasteiger partial charge on any atom is 0.300 e. The van der Waals surface area contributed by atoms with Gasteiger partial charge in [0.05, 0.1) is 10.2 Å². The number of carboxylic acids is 1. The topological polar surface area (TPSA) is 37.3 Å². The summed E-state index contributed by atoms with van der Waals surface area (Å²) in [5, 5.41) is 11.4. The fourth-order valence-corrected chi connectivity index (χ4v) is 3.41. The van der Waals surface area contributed by atoms with E-state index in [4.69, 9.17) is 33.1 Å². The molecule has 2 nitrogen and oxygen atoms in total. The summed E-state index contributed by atoms with van der Waals surface area (Å²) >= 11 is 20.9. The smallest absolute Gasteiger partial charge is 0.300 e. The SMILES string of the molecule is C1SS1.C1SS1.CC(=O)O.Cc1ccc(C(Cl)(c2ccccc2)c2ccccc2Cl)cc1.SCS. The number of halogens is 2. The van der Waals surface area contributed by atoms with Crippen molar-refractivity contribution in [1.29, 1.82) is 0 Å². The van der Waals surface area contributed by atoms with E-state index < -0.39 is 10.8 Å². The van der Waals surface area contributed by atoms with Gasteiger partial charge in [-0.05, 0) is 24.1 Å². The molecule has 3 aromatic carbocycles. The Kier molecular flexibility index (Phi) is 17.8. The van der Waals surface area contributed by atoms with E-state index in [2.05, 4.69) is 56.4 Å². The van der Waals surface area contributed by atoms with Crippen LogP contribution in [-0.2, 0) is 9.67 Å². The van der Waals surface area contributed by atoms with Gasteiger partial charge in [0, 0.05) is 22.6 Å². The minimum atomic E-state index is -0.833. The van der Waals surface area contributed by atoms with Gasteiger partial charge in [0.15, 0.2) is 0 Å². The second kappa shape index (κ2) is 19.0. The standard InChI is InChI=1S/C20H16Cl2.C2H4O2.2CH2S2.CH4S2/c1-15-11-13-17(14-12-15)20(22,16-7-3-2-4-8-16)18-9-5-6-10-19(18)21;1-2(3)4;2*1-2-3-1;2-1-3/h2-14H,1H3;1H3,(H,3,4);2*1H2;2-3H,1H2. The Morgan fingerprint density at radius 2 is 1.23 bits per heavy atom. The predicted octanol–water partition coefficient (Wildman–Crippen LogP) is 9.75. The highest BCUT2D eigenvalue weighted by Crippen LogP contribution is 2.45. The van der Waals surface area contributed by atoms with Crippen LogP contribution in [0.2, 0.25) is 5.02 Å². The highest BCUT2D eigenvalue weighted by atomic mass is 35.5. The van der Waals surface area contributed by atoms with E-state index in [9.17, 15) is 0 Å². The normalized spacial score (nSPS) is 13.9. The third-order valence-corrected chi connectivity index (χ3v) is 6.96. The van der Waals surface area contributed by atoms with Crippen molar-refractivity contribution in [2.75, 3.05) is 15.3 Å². The molecule has 1 atom stereocenters. The van der Waals surface area contributed by atoms with Crippen LogP contribution in [0.4, 0.5) is 0 Å². The number of thiol groups is 2. The van der Waals surface area contributed by atoms with Crippen LogP contribution in [0.15, 0.2) is 78.9 Å². The fourth-order valence-electron chi connectivity index (χ4n) is 2.67. The highest BCUT2D eigenvalue weighted by molar-refractivity contribution is 8.92. The Morgan fingerprint density at radius 1 is 0.857 bits per heavy atom. The van der Waals surface area contributed by atoms with E-state index in [1.54, 1.807) is 0 Å². The van der Waals surface area contributed by atoms with Gasteiger partial charge in [0.25, 0.3) is 5.97 Å². The number of carboxylic acid groups (broad SMARTS) is 1. The molecule has 1 unspecified atom stereocenters. The zero-order chi connectivity index (χ0) is 26.1. The molecule has 0 aromatic heterocycles. The van der Waals surface area contributed by atoms with E-state index >= 15 is 0 Å². The molecule has 5 rings (SSSR count). The van der Waals surface area contributed by atoms with Crippen molar-refractivity contribution >= 4 is 97.6 Å². The average Bonchev–Trinajstić information content (AvgIpc) is 3.72. The molecule has 0 amide bonds. The molecule has 0 saturated carbocycles. The van der Waals surface area contributed by atoms with E-state index in [1.807, 2.05) is 97.8 Å². The fraction of sp³-hybridized carbons (Fsp3) is 0.240. The number of hydrogen-bond acceptors (Lipinski definition) is 7. The first kappa shape index (κ1) is 32.8. The van der Waals surface area contributed by atoms with Crippen LogP contribution < -0.4 is 0 Å². The molecular weight excluding hydrogens is 596 g/mol. The Bertz CT molecular complexity index is 973. The molecule has 3 aromatic rings. The molecule has 2 aliphatic heterocycles. The zero-order valence-electron chi connectivity index (χ0n) is 19.3. The number of benzene rings is 3. The molecule has 2 saturated heterocycles. The predicted molar refractivity (Wildman–Crippen MR) is 171 cm³/mol. The van der Waals surface area contributed by atoms with Crippen LogP contribution in [0.25, 0.3) is 0 Å². The monoisotopic (exact) mass is 622 g/mol. The molecular formula is C25H28Cl2O2S6. The van der Waals surface area contributed by atoms with Gasteiger partial charge >= 0.3 is 0 Å². The first-order chi connectivity index (χ1) is 16.8. The summed E-state index contributed by atoms with van der Waals surface area (Å²) in [5.41, 5.74) is 4.12. The van der Waals surface area contributed by atoms with E-state index in [1.165, 1.54) is 15.7 Å². The van der Waals surface area contributed by atoms with Gasteiger partial charge in [-0.1, -0.05) is 133 Å². The molecule has 1 N–H and O–H groups in total.